The molecule has 0 fully saturated rings. The highest BCUT2D eigenvalue weighted by molar-refractivity contribution is 5.67. The molecule has 1 aromatic heterocycles. The average Bonchev–Trinajstić information content (AvgIpc) is 2.71. The third-order valence-electron chi connectivity index (χ3n) is 2.65. The molecule has 6 heteroatoms. The molecule has 0 saturated heterocycles. The van der Waals surface area contributed by atoms with E-state index in [1.807, 2.05) is 31.5 Å². The van der Waals surface area contributed by atoms with Gasteiger partial charge in [-0.25, -0.2) is 9.48 Å². The molecule has 1 aliphatic rings. The van der Waals surface area contributed by atoms with E-state index in [4.69, 9.17) is 4.74 Å². The van der Waals surface area contributed by atoms with E-state index >= 15 is 0 Å². The highest BCUT2D eigenvalue weighted by Gasteiger charge is 2.20. The highest BCUT2D eigenvalue weighted by Crippen LogP contribution is 2.15. The van der Waals surface area contributed by atoms with Gasteiger partial charge in [-0.1, -0.05) is 0 Å². The number of rotatable bonds is 2. The molecule has 1 aliphatic heterocycles. The van der Waals surface area contributed by atoms with Crippen LogP contribution in [-0.4, -0.2) is 34.6 Å². The van der Waals surface area contributed by atoms with E-state index in [1.54, 1.807) is 6.20 Å². The van der Waals surface area contributed by atoms with Crippen LogP contribution in [0.25, 0.3) is 0 Å². The van der Waals surface area contributed by atoms with Crippen LogP contribution < -0.4 is 10.6 Å². The molecular formula is C12H20N4O2. The first-order valence-electron chi connectivity index (χ1n) is 6.16. The molecule has 0 aliphatic carbocycles. The van der Waals surface area contributed by atoms with E-state index in [1.165, 1.54) is 0 Å². The zero-order valence-corrected chi connectivity index (χ0v) is 11.1. The molecule has 1 atom stereocenters. The van der Waals surface area contributed by atoms with Crippen molar-refractivity contribution in [2.24, 2.45) is 5.92 Å². The topological polar surface area (TPSA) is 68.2 Å². The van der Waals surface area contributed by atoms with E-state index in [9.17, 15) is 4.79 Å². The second kappa shape index (κ2) is 4.88. The summed E-state index contributed by atoms with van der Waals surface area (Å²) >= 11 is 0. The summed E-state index contributed by atoms with van der Waals surface area (Å²) in [6.07, 6.45) is 1.40. The summed E-state index contributed by atoms with van der Waals surface area (Å²) in [6.45, 7) is 7.79. The number of fused-ring (bicyclic) bond motifs is 1. The van der Waals surface area contributed by atoms with Gasteiger partial charge in [0.15, 0.2) is 0 Å². The number of alkyl carbamates (subject to hydrolysis) is 1. The van der Waals surface area contributed by atoms with Crippen LogP contribution in [0, 0.1) is 5.92 Å². The van der Waals surface area contributed by atoms with Gasteiger partial charge < -0.3 is 15.4 Å². The van der Waals surface area contributed by atoms with Crippen molar-refractivity contribution in [1.29, 1.82) is 0 Å². The summed E-state index contributed by atoms with van der Waals surface area (Å²) in [7, 11) is 0. The minimum Gasteiger partial charge on any atom is -0.444 e. The van der Waals surface area contributed by atoms with Crippen molar-refractivity contribution in [3.05, 3.63) is 12.3 Å². The lowest BCUT2D eigenvalue weighted by Gasteiger charge is -2.26. The molecule has 100 valence electrons. The smallest absolute Gasteiger partial charge is 0.407 e. The van der Waals surface area contributed by atoms with E-state index in [-0.39, 0.29) is 6.09 Å². The van der Waals surface area contributed by atoms with Crippen molar-refractivity contribution in [1.82, 2.24) is 15.1 Å². The third kappa shape index (κ3) is 3.38. The first kappa shape index (κ1) is 12.7. The standard InChI is InChI=1S/C12H20N4O2/c1-12(2,3)18-11(17)14-7-9-6-13-10-4-5-15-16(10)8-9/h4-5,9,13H,6-8H2,1-3H3,(H,14,17). The number of nitrogens with one attached hydrogen (secondary N) is 2. The number of aromatic nitrogens is 2. The van der Waals surface area contributed by atoms with Crippen LogP contribution in [0.3, 0.4) is 0 Å². The fraction of sp³-hybridized carbons (Fsp3) is 0.667. The van der Waals surface area contributed by atoms with Crippen molar-refractivity contribution in [3.63, 3.8) is 0 Å². The van der Waals surface area contributed by atoms with Crippen LogP contribution in [0.2, 0.25) is 0 Å². The normalized spacial score (nSPS) is 18.7. The first-order chi connectivity index (χ1) is 8.44. The summed E-state index contributed by atoms with van der Waals surface area (Å²) in [5, 5.41) is 10.3. The number of ether oxygens (including phenoxy) is 1. The Labute approximate surface area is 107 Å². The van der Waals surface area contributed by atoms with Crippen LogP contribution in [0.4, 0.5) is 10.6 Å². The molecule has 2 rings (SSSR count). The Balaban J connectivity index is 1.77. The van der Waals surface area contributed by atoms with E-state index < -0.39 is 5.60 Å². The SMILES string of the molecule is CC(C)(C)OC(=O)NCC1CNc2ccnn2C1. The summed E-state index contributed by atoms with van der Waals surface area (Å²) in [4.78, 5) is 11.5. The minimum absolute atomic E-state index is 0.324. The molecule has 1 aromatic rings. The minimum atomic E-state index is -0.454. The maximum atomic E-state index is 11.5. The van der Waals surface area contributed by atoms with E-state index in [0.717, 1.165) is 18.9 Å². The van der Waals surface area contributed by atoms with Gasteiger partial charge in [0.25, 0.3) is 0 Å². The second-order valence-corrected chi connectivity index (χ2v) is 5.53. The van der Waals surface area contributed by atoms with E-state index in [2.05, 4.69) is 15.7 Å². The van der Waals surface area contributed by atoms with Gasteiger partial charge in [-0.15, -0.1) is 0 Å². The van der Waals surface area contributed by atoms with Crippen molar-refractivity contribution in [2.45, 2.75) is 32.9 Å². The van der Waals surface area contributed by atoms with Gasteiger partial charge in [-0.05, 0) is 20.8 Å². The molecule has 6 nitrogen and oxygen atoms in total. The van der Waals surface area contributed by atoms with E-state index in [0.29, 0.717) is 12.5 Å². The molecule has 1 unspecified atom stereocenters. The summed E-state index contributed by atoms with van der Waals surface area (Å²) in [5.74, 6) is 1.36. The van der Waals surface area contributed by atoms with Crippen molar-refractivity contribution in [3.8, 4) is 0 Å². The largest absolute Gasteiger partial charge is 0.444 e. The van der Waals surface area contributed by atoms with Crippen molar-refractivity contribution >= 4 is 11.9 Å². The molecule has 0 bridgehead atoms. The Morgan fingerprint density at radius 1 is 1.67 bits per heavy atom. The number of amides is 1. The Kier molecular flexibility index (Phi) is 3.45. The van der Waals surface area contributed by atoms with Gasteiger partial charge in [0.1, 0.15) is 11.4 Å². The zero-order valence-electron chi connectivity index (χ0n) is 11.1. The lowest BCUT2D eigenvalue weighted by atomic mass is 10.1. The number of hydrogen-bond donors (Lipinski definition) is 2. The van der Waals surface area contributed by atoms with Crippen LogP contribution in [0.1, 0.15) is 20.8 Å². The molecule has 18 heavy (non-hydrogen) atoms. The number of carbonyl (C=O) groups is 1. The van der Waals surface area contributed by atoms with Crippen LogP contribution in [0.15, 0.2) is 12.3 Å². The molecule has 0 radical (unpaired) electrons. The Hall–Kier alpha value is -1.72. The molecular weight excluding hydrogens is 232 g/mol. The van der Waals surface area contributed by atoms with Gasteiger partial charge in [0.05, 0.1) is 6.20 Å². The quantitative estimate of drug-likeness (QED) is 0.836. The Morgan fingerprint density at radius 2 is 2.44 bits per heavy atom. The maximum absolute atomic E-state index is 11.5. The molecule has 0 saturated carbocycles. The average molecular weight is 252 g/mol. The highest BCUT2D eigenvalue weighted by atomic mass is 16.6. The molecule has 2 N–H and O–H groups in total. The van der Waals surface area contributed by atoms with Crippen LogP contribution >= 0.6 is 0 Å². The fourth-order valence-corrected chi connectivity index (χ4v) is 1.86. The predicted molar refractivity (Wildman–Crippen MR) is 68.4 cm³/mol. The lowest BCUT2D eigenvalue weighted by molar-refractivity contribution is 0.0518. The van der Waals surface area contributed by atoms with Gasteiger partial charge in [-0.2, -0.15) is 5.10 Å². The predicted octanol–water partition coefficient (Wildman–Crippen LogP) is 1.45. The summed E-state index contributed by atoms with van der Waals surface area (Å²) in [6, 6.07) is 1.94. The molecule has 1 amide bonds. The number of anilines is 1. The fourth-order valence-electron chi connectivity index (χ4n) is 1.86. The van der Waals surface area contributed by atoms with Gasteiger partial charge >= 0.3 is 6.09 Å². The number of hydrogen-bond acceptors (Lipinski definition) is 4. The first-order valence-corrected chi connectivity index (χ1v) is 6.16. The molecule has 0 aromatic carbocycles. The van der Waals surface area contributed by atoms with Crippen molar-refractivity contribution < 1.29 is 9.53 Å². The summed E-state index contributed by atoms with van der Waals surface area (Å²) in [5.41, 5.74) is -0.454. The number of nitrogens with zero attached hydrogens (tertiary/aromatic N) is 2. The zero-order chi connectivity index (χ0) is 13.2. The Bertz CT molecular complexity index is 422. The van der Waals surface area contributed by atoms with Crippen LogP contribution in [0.5, 0.6) is 0 Å². The van der Waals surface area contributed by atoms with Crippen LogP contribution in [-0.2, 0) is 11.3 Å². The lowest BCUT2D eigenvalue weighted by Crippen LogP contribution is -2.40. The molecule has 0 spiro atoms. The maximum Gasteiger partial charge on any atom is 0.407 e. The van der Waals surface area contributed by atoms with Gasteiger partial charge in [-0.3, -0.25) is 0 Å². The molecule has 2 heterocycles. The Morgan fingerprint density at radius 3 is 3.17 bits per heavy atom. The van der Waals surface area contributed by atoms with Gasteiger partial charge in [0.2, 0.25) is 0 Å². The monoisotopic (exact) mass is 252 g/mol. The number of carbonyl (C=O) groups excluding carboxylic acids is 1. The summed E-state index contributed by atoms with van der Waals surface area (Å²) < 4.78 is 7.10. The third-order valence-corrected chi connectivity index (χ3v) is 2.65. The van der Waals surface area contributed by atoms with Crippen molar-refractivity contribution in [2.75, 3.05) is 18.4 Å². The van der Waals surface area contributed by atoms with Gasteiger partial charge in [0, 0.05) is 31.6 Å². The second-order valence-electron chi connectivity index (χ2n) is 5.53.